The third kappa shape index (κ3) is 94.0. The van der Waals surface area contributed by atoms with Gasteiger partial charge >= 0.3 is 0 Å². The molecule has 0 aromatic heterocycles. The Labute approximate surface area is 154 Å². The van der Waals surface area contributed by atoms with Gasteiger partial charge in [-0.05, 0) is 20.8 Å². The van der Waals surface area contributed by atoms with Crippen LogP contribution >= 0.6 is 12.6 Å². The quantitative estimate of drug-likeness (QED) is 0.227. The van der Waals surface area contributed by atoms with E-state index in [1.165, 1.54) is 51.4 Å². The summed E-state index contributed by atoms with van der Waals surface area (Å²) < 4.78 is 0. The topological polar surface area (TPSA) is 60.7 Å². The van der Waals surface area contributed by atoms with E-state index in [0.29, 0.717) is 0 Å². The van der Waals surface area contributed by atoms with Crippen molar-refractivity contribution in [1.82, 2.24) is 0 Å². The van der Waals surface area contributed by atoms with E-state index in [4.69, 9.17) is 15.3 Å². The number of rotatable bonds is 8. The summed E-state index contributed by atoms with van der Waals surface area (Å²) in [4.78, 5) is 0. The first kappa shape index (κ1) is 33.5. The minimum Gasteiger partial charge on any atom is -0.397 e. The normalized spacial score (nSPS) is 8.00. The molecule has 0 heterocycles. The van der Waals surface area contributed by atoms with Crippen LogP contribution in [0.5, 0.6) is 0 Å². The van der Waals surface area contributed by atoms with Gasteiger partial charge < -0.3 is 27.9 Å². The first-order valence-corrected chi connectivity index (χ1v) is 8.46. The van der Waals surface area contributed by atoms with E-state index in [2.05, 4.69) is 19.6 Å². The van der Waals surface area contributed by atoms with Gasteiger partial charge in [0.1, 0.15) is 0 Å². The van der Waals surface area contributed by atoms with Crippen LogP contribution in [0.1, 0.15) is 79.1 Å². The Hall–Kier alpha value is 0.944. The summed E-state index contributed by atoms with van der Waals surface area (Å²) in [6, 6.07) is 0. The number of aliphatic hydroxyl groups is 3. The van der Waals surface area contributed by atoms with Gasteiger partial charge in [-0.1, -0.05) is 51.9 Å². The van der Waals surface area contributed by atoms with Crippen LogP contribution in [0.25, 0.3) is 0 Å². The predicted molar refractivity (Wildman–Crippen MR) is 94.2 cm³/mol. The summed E-state index contributed by atoms with van der Waals surface area (Å²) in [5, 5.41) is 22.7. The molecule has 0 fully saturated rings. The van der Waals surface area contributed by atoms with Crippen LogP contribution in [0.15, 0.2) is 0 Å². The van der Waals surface area contributed by atoms with Crippen molar-refractivity contribution in [2.24, 2.45) is 0 Å². The molecular formula is C16H39O3STi-. The Kier molecular flexibility index (Phi) is 79.4. The van der Waals surface area contributed by atoms with Crippen LogP contribution in [0.4, 0.5) is 0 Å². The molecule has 0 saturated carbocycles. The van der Waals surface area contributed by atoms with Gasteiger partial charge in [0.15, 0.2) is 0 Å². The summed E-state index contributed by atoms with van der Waals surface area (Å²) in [5.74, 6) is 1.96. The van der Waals surface area contributed by atoms with Crippen molar-refractivity contribution in [3.05, 3.63) is 5.75 Å². The van der Waals surface area contributed by atoms with Crippen molar-refractivity contribution in [3.63, 3.8) is 0 Å². The summed E-state index contributed by atoms with van der Waals surface area (Å²) in [5.41, 5.74) is 0. The smallest absolute Gasteiger partial charge is 0.0402 e. The molecule has 5 heteroatoms. The zero-order chi connectivity index (χ0) is 16.5. The first-order valence-electron chi connectivity index (χ1n) is 7.94. The standard InChI is InChI=1S/C10H21S.3C2H6O.Ti/c1-2-3-4-5-6-7-8-9-10-11;3*1-2-3;/h10-11H,2-9H2,1H3;3*3H,2H2,1H3;/q-1;;;;. The van der Waals surface area contributed by atoms with Gasteiger partial charge in [-0.15, -0.1) is 0 Å². The molecular weight excluding hydrogens is 320 g/mol. The van der Waals surface area contributed by atoms with Crippen molar-refractivity contribution >= 4 is 12.6 Å². The third-order valence-electron chi connectivity index (χ3n) is 1.94. The van der Waals surface area contributed by atoms with Gasteiger partial charge in [0.2, 0.25) is 0 Å². The summed E-state index contributed by atoms with van der Waals surface area (Å²) >= 11 is 4.05. The Morgan fingerprint density at radius 1 is 0.667 bits per heavy atom. The Morgan fingerprint density at radius 3 is 1.24 bits per heavy atom. The van der Waals surface area contributed by atoms with E-state index in [1.54, 1.807) is 20.8 Å². The zero-order valence-corrected chi connectivity index (χ0v) is 17.1. The number of unbranched alkanes of at least 4 members (excludes halogenated alkanes) is 7. The third-order valence-corrected chi connectivity index (χ3v) is 2.19. The minimum atomic E-state index is 0. The summed E-state index contributed by atoms with van der Waals surface area (Å²) in [6.45, 7) is 8.05. The van der Waals surface area contributed by atoms with E-state index in [1.807, 2.05) is 5.75 Å². The molecule has 0 atom stereocenters. The molecule has 0 radical (unpaired) electrons. The molecule has 0 bridgehead atoms. The molecule has 0 amide bonds. The van der Waals surface area contributed by atoms with Crippen molar-refractivity contribution in [3.8, 4) is 0 Å². The second-order valence-electron chi connectivity index (χ2n) is 4.04. The molecule has 0 aromatic rings. The van der Waals surface area contributed by atoms with Crippen molar-refractivity contribution < 1.29 is 37.0 Å². The molecule has 0 aromatic carbocycles. The maximum Gasteiger partial charge on any atom is 0.0402 e. The van der Waals surface area contributed by atoms with Crippen LogP contribution in [-0.4, -0.2) is 35.1 Å². The van der Waals surface area contributed by atoms with Crippen molar-refractivity contribution in [2.75, 3.05) is 19.8 Å². The second-order valence-corrected chi connectivity index (χ2v) is 4.41. The molecule has 0 unspecified atom stereocenters. The molecule has 3 nitrogen and oxygen atoms in total. The number of aliphatic hydroxyl groups excluding tert-OH is 3. The number of hydrogen-bond donors (Lipinski definition) is 4. The monoisotopic (exact) mass is 359 g/mol. The van der Waals surface area contributed by atoms with Crippen LogP contribution in [0.2, 0.25) is 0 Å². The Balaban J connectivity index is -0.0000000711. The largest absolute Gasteiger partial charge is 0.397 e. The van der Waals surface area contributed by atoms with E-state index in [9.17, 15) is 0 Å². The molecule has 21 heavy (non-hydrogen) atoms. The van der Waals surface area contributed by atoms with Gasteiger partial charge in [0.25, 0.3) is 0 Å². The number of hydrogen-bond acceptors (Lipinski definition) is 4. The van der Waals surface area contributed by atoms with E-state index >= 15 is 0 Å². The average molecular weight is 359 g/mol. The number of thiol groups is 1. The molecule has 0 aliphatic rings. The fourth-order valence-electron chi connectivity index (χ4n) is 1.19. The average Bonchev–Trinajstić information content (AvgIpc) is 2.41. The molecule has 0 saturated heterocycles. The fourth-order valence-corrected chi connectivity index (χ4v) is 1.38. The maximum absolute atomic E-state index is 7.57. The van der Waals surface area contributed by atoms with Crippen LogP contribution < -0.4 is 0 Å². The van der Waals surface area contributed by atoms with Gasteiger partial charge in [-0.3, -0.25) is 5.75 Å². The van der Waals surface area contributed by atoms with Crippen molar-refractivity contribution in [2.45, 2.75) is 79.1 Å². The summed E-state index contributed by atoms with van der Waals surface area (Å²) in [6.07, 6.45) is 10.9. The van der Waals surface area contributed by atoms with E-state index in [-0.39, 0.29) is 41.5 Å². The first-order chi connectivity index (χ1) is 9.66. The zero-order valence-electron chi connectivity index (χ0n) is 14.6. The van der Waals surface area contributed by atoms with Crippen LogP contribution in [0.3, 0.4) is 0 Å². The maximum atomic E-state index is 7.57. The van der Waals surface area contributed by atoms with Gasteiger partial charge in [0.05, 0.1) is 0 Å². The van der Waals surface area contributed by atoms with Crippen LogP contribution in [-0.2, 0) is 21.7 Å². The predicted octanol–water partition coefficient (Wildman–Crippen LogP) is 4.21. The molecule has 0 aliphatic heterocycles. The fraction of sp³-hybridized carbons (Fsp3) is 0.938. The molecule has 132 valence electrons. The minimum absolute atomic E-state index is 0. The van der Waals surface area contributed by atoms with Crippen molar-refractivity contribution in [1.29, 1.82) is 0 Å². The molecule has 0 aliphatic carbocycles. The summed E-state index contributed by atoms with van der Waals surface area (Å²) in [7, 11) is 0. The molecule has 0 spiro atoms. The van der Waals surface area contributed by atoms with Gasteiger partial charge in [0, 0.05) is 41.5 Å². The van der Waals surface area contributed by atoms with E-state index in [0.717, 1.165) is 0 Å². The van der Waals surface area contributed by atoms with Crippen LogP contribution in [0, 0.1) is 5.75 Å². The van der Waals surface area contributed by atoms with Gasteiger partial charge in [-0.25, -0.2) is 0 Å². The van der Waals surface area contributed by atoms with Gasteiger partial charge in [-0.2, -0.15) is 6.42 Å². The SMILES string of the molecule is CCCCCCCCC[CH-]S.CCO.CCO.CCO.[Ti]. The molecule has 3 N–H and O–H groups in total. The second kappa shape index (κ2) is 49.7. The molecule has 0 rings (SSSR count). The Morgan fingerprint density at radius 2 is 0.952 bits per heavy atom. The Bertz CT molecular complexity index is 96.8. The van der Waals surface area contributed by atoms with E-state index < -0.39 is 0 Å².